The maximum Gasteiger partial charge on any atom is 0.364 e. The molecular weight excluding hydrogens is 347 g/mol. The zero-order chi connectivity index (χ0) is 12.3. The van der Waals surface area contributed by atoms with Crippen LogP contribution in [0.15, 0.2) is 26.9 Å². The summed E-state index contributed by atoms with van der Waals surface area (Å²) in [7, 11) is 1.42. The van der Waals surface area contributed by atoms with Gasteiger partial charge in [0.15, 0.2) is 0 Å². The van der Waals surface area contributed by atoms with Crippen LogP contribution in [0.4, 0.5) is 4.39 Å². The standard InChI is InChI=1S/C10H7Br2FO3/c1-16-9-5(3-8(13)10(14)15)2-6(11)4-7(9)12/h2-4H,1H3,(H,14,15). The lowest BCUT2D eigenvalue weighted by molar-refractivity contribution is -0.134. The average molecular weight is 354 g/mol. The van der Waals surface area contributed by atoms with Crippen molar-refractivity contribution in [2.75, 3.05) is 7.11 Å². The summed E-state index contributed by atoms with van der Waals surface area (Å²) >= 11 is 6.45. The fourth-order valence-electron chi connectivity index (χ4n) is 1.10. The molecule has 0 radical (unpaired) electrons. The number of carboxylic acid groups (broad SMARTS) is 1. The van der Waals surface area contributed by atoms with Crippen LogP contribution in [0.1, 0.15) is 5.56 Å². The first kappa shape index (κ1) is 13.2. The van der Waals surface area contributed by atoms with Crippen LogP contribution < -0.4 is 4.74 Å². The smallest absolute Gasteiger partial charge is 0.364 e. The summed E-state index contributed by atoms with van der Waals surface area (Å²) in [5, 5.41) is 8.44. The van der Waals surface area contributed by atoms with Gasteiger partial charge in [-0.15, -0.1) is 0 Å². The predicted octanol–water partition coefficient (Wildman–Crippen LogP) is 3.62. The second kappa shape index (κ2) is 5.45. The zero-order valence-electron chi connectivity index (χ0n) is 8.13. The Morgan fingerprint density at radius 1 is 1.50 bits per heavy atom. The maximum absolute atomic E-state index is 13.0. The number of hydrogen-bond acceptors (Lipinski definition) is 2. The molecule has 0 spiro atoms. The fraction of sp³-hybridized carbons (Fsp3) is 0.100. The molecule has 0 aliphatic rings. The number of halogens is 3. The maximum atomic E-state index is 13.0. The number of carboxylic acids is 1. The minimum Gasteiger partial charge on any atom is -0.495 e. The number of rotatable bonds is 3. The van der Waals surface area contributed by atoms with E-state index in [1.165, 1.54) is 7.11 Å². The molecule has 0 atom stereocenters. The van der Waals surface area contributed by atoms with Gasteiger partial charge >= 0.3 is 5.97 Å². The van der Waals surface area contributed by atoms with Gasteiger partial charge in [0.2, 0.25) is 5.83 Å². The van der Waals surface area contributed by atoms with E-state index in [0.29, 0.717) is 20.3 Å². The largest absolute Gasteiger partial charge is 0.495 e. The summed E-state index contributed by atoms with van der Waals surface area (Å²) in [5.41, 5.74) is 0.337. The van der Waals surface area contributed by atoms with E-state index in [1.54, 1.807) is 12.1 Å². The van der Waals surface area contributed by atoms with Gasteiger partial charge < -0.3 is 9.84 Å². The molecule has 0 amide bonds. The van der Waals surface area contributed by atoms with Crippen molar-refractivity contribution in [2.24, 2.45) is 0 Å². The molecule has 0 heterocycles. The molecule has 86 valence electrons. The Morgan fingerprint density at radius 3 is 2.62 bits per heavy atom. The highest BCUT2D eigenvalue weighted by molar-refractivity contribution is 9.11. The molecule has 0 saturated carbocycles. The second-order valence-corrected chi connectivity index (χ2v) is 4.58. The van der Waals surface area contributed by atoms with Crippen molar-refractivity contribution < 1.29 is 19.0 Å². The van der Waals surface area contributed by atoms with E-state index in [0.717, 1.165) is 6.08 Å². The van der Waals surface area contributed by atoms with E-state index in [2.05, 4.69) is 31.9 Å². The first-order chi connectivity index (χ1) is 7.45. The van der Waals surface area contributed by atoms with E-state index in [4.69, 9.17) is 9.84 Å². The summed E-state index contributed by atoms with van der Waals surface area (Å²) in [6.07, 6.45) is 0.899. The van der Waals surface area contributed by atoms with Crippen LogP contribution in [0.5, 0.6) is 5.75 Å². The summed E-state index contributed by atoms with van der Waals surface area (Å²) in [6.45, 7) is 0. The molecule has 1 N–H and O–H groups in total. The molecular formula is C10H7Br2FO3. The second-order valence-electron chi connectivity index (χ2n) is 2.81. The van der Waals surface area contributed by atoms with Gasteiger partial charge in [0.1, 0.15) is 5.75 Å². The number of ether oxygens (including phenoxy) is 1. The SMILES string of the molecule is COc1c(Br)cc(Br)cc1C=C(F)C(=O)O. The van der Waals surface area contributed by atoms with Gasteiger partial charge in [0.25, 0.3) is 0 Å². The monoisotopic (exact) mass is 352 g/mol. The Hall–Kier alpha value is -0.880. The van der Waals surface area contributed by atoms with Crippen LogP contribution in [0, 0.1) is 0 Å². The third-order valence-electron chi connectivity index (χ3n) is 1.73. The van der Waals surface area contributed by atoms with Crippen LogP contribution in [0.25, 0.3) is 6.08 Å². The van der Waals surface area contributed by atoms with Crippen LogP contribution in [0.3, 0.4) is 0 Å². The molecule has 3 nitrogen and oxygen atoms in total. The molecule has 1 rings (SSSR count). The molecule has 16 heavy (non-hydrogen) atoms. The van der Waals surface area contributed by atoms with Crippen LogP contribution in [-0.4, -0.2) is 18.2 Å². The zero-order valence-corrected chi connectivity index (χ0v) is 11.3. The lowest BCUT2D eigenvalue weighted by Crippen LogP contribution is -1.95. The molecule has 0 saturated heterocycles. The molecule has 0 unspecified atom stereocenters. The number of benzene rings is 1. The predicted molar refractivity (Wildman–Crippen MR) is 65.1 cm³/mol. The van der Waals surface area contributed by atoms with Crippen molar-refractivity contribution in [1.29, 1.82) is 0 Å². The number of methoxy groups -OCH3 is 1. The molecule has 0 aliphatic heterocycles. The molecule has 6 heteroatoms. The number of carbonyl (C=O) groups is 1. The van der Waals surface area contributed by atoms with Crippen LogP contribution in [0.2, 0.25) is 0 Å². The van der Waals surface area contributed by atoms with E-state index in [-0.39, 0.29) is 0 Å². The van der Waals surface area contributed by atoms with Gasteiger partial charge in [-0.2, -0.15) is 4.39 Å². The Labute approximate surface area is 108 Å². The summed E-state index contributed by atoms with van der Waals surface area (Å²) in [6, 6.07) is 3.28. The topological polar surface area (TPSA) is 46.5 Å². The van der Waals surface area contributed by atoms with Gasteiger partial charge in [-0.1, -0.05) is 15.9 Å². The van der Waals surface area contributed by atoms with E-state index >= 15 is 0 Å². The normalized spacial score (nSPS) is 11.4. The quantitative estimate of drug-likeness (QED) is 0.844. The molecule has 1 aromatic carbocycles. The van der Waals surface area contributed by atoms with Crippen molar-refractivity contribution in [1.82, 2.24) is 0 Å². The van der Waals surface area contributed by atoms with Gasteiger partial charge in [0, 0.05) is 10.0 Å². The highest BCUT2D eigenvalue weighted by Gasteiger charge is 2.11. The van der Waals surface area contributed by atoms with Gasteiger partial charge in [-0.3, -0.25) is 0 Å². The van der Waals surface area contributed by atoms with E-state index in [9.17, 15) is 9.18 Å². The third kappa shape index (κ3) is 3.05. The van der Waals surface area contributed by atoms with Crippen molar-refractivity contribution in [3.8, 4) is 5.75 Å². The highest BCUT2D eigenvalue weighted by Crippen LogP contribution is 2.34. The number of hydrogen-bond donors (Lipinski definition) is 1. The average Bonchev–Trinajstić information content (AvgIpc) is 2.16. The Bertz CT molecular complexity index is 458. The van der Waals surface area contributed by atoms with E-state index in [1.807, 2.05) is 0 Å². The van der Waals surface area contributed by atoms with Gasteiger partial charge in [-0.05, 0) is 34.1 Å². The third-order valence-corrected chi connectivity index (χ3v) is 2.77. The molecule has 0 bridgehead atoms. The highest BCUT2D eigenvalue weighted by atomic mass is 79.9. The molecule has 0 aromatic heterocycles. The minimum absolute atomic E-state index is 0.337. The summed E-state index contributed by atoms with van der Waals surface area (Å²) in [4.78, 5) is 10.4. The van der Waals surface area contributed by atoms with Crippen molar-refractivity contribution in [2.45, 2.75) is 0 Å². The van der Waals surface area contributed by atoms with Crippen molar-refractivity contribution in [3.05, 3.63) is 32.5 Å². The van der Waals surface area contributed by atoms with Crippen molar-refractivity contribution >= 4 is 43.9 Å². The molecule has 0 aliphatic carbocycles. The van der Waals surface area contributed by atoms with Crippen molar-refractivity contribution in [3.63, 3.8) is 0 Å². The lowest BCUT2D eigenvalue weighted by atomic mass is 10.2. The van der Waals surface area contributed by atoms with Crippen LogP contribution in [-0.2, 0) is 4.79 Å². The first-order valence-corrected chi connectivity index (χ1v) is 5.68. The Balaban J connectivity index is 3.32. The number of aliphatic carboxylic acids is 1. The first-order valence-electron chi connectivity index (χ1n) is 4.09. The molecule has 1 aromatic rings. The fourth-order valence-corrected chi connectivity index (χ4v) is 2.52. The molecule has 0 fully saturated rings. The van der Waals surface area contributed by atoms with Gasteiger partial charge in [0.05, 0.1) is 11.6 Å². The van der Waals surface area contributed by atoms with E-state index < -0.39 is 11.8 Å². The lowest BCUT2D eigenvalue weighted by Gasteiger charge is -2.08. The van der Waals surface area contributed by atoms with Crippen LogP contribution >= 0.6 is 31.9 Å². The summed E-state index contributed by atoms with van der Waals surface area (Å²) < 4.78 is 19.3. The Morgan fingerprint density at radius 2 is 2.12 bits per heavy atom. The van der Waals surface area contributed by atoms with Gasteiger partial charge in [-0.25, -0.2) is 4.79 Å². The minimum atomic E-state index is -1.61. The Kier molecular flexibility index (Phi) is 4.49. The summed E-state index contributed by atoms with van der Waals surface area (Å²) in [5.74, 6) is -2.49.